The smallest absolute Gasteiger partial charge is 0.356 e. The SMILES string of the molecule is CN1CC[C@]23c4c5ccc(O)c4O[C@H]2[C@@H](OC(=O)[C@H]2OC(NO)(C(=O)O)[C@H](O)[C@@H](O)[C@@H]2O)C=C[C@H]3[C@H]1C5. The molecule has 200 valence electrons. The maximum absolute atomic E-state index is 13.2. The van der Waals surface area contributed by atoms with Crippen LogP contribution < -0.4 is 10.2 Å². The van der Waals surface area contributed by atoms with Crippen LogP contribution in [-0.2, 0) is 30.9 Å². The Morgan fingerprint density at radius 2 is 1.95 bits per heavy atom. The molecule has 1 aromatic carbocycles. The van der Waals surface area contributed by atoms with Crippen molar-refractivity contribution in [2.24, 2.45) is 5.92 Å². The van der Waals surface area contributed by atoms with Crippen LogP contribution in [0.1, 0.15) is 17.5 Å². The molecule has 37 heavy (non-hydrogen) atoms. The largest absolute Gasteiger partial charge is 0.504 e. The fourth-order valence-corrected chi connectivity index (χ4v) is 6.97. The highest BCUT2D eigenvalue weighted by atomic mass is 16.7. The van der Waals surface area contributed by atoms with Crippen molar-refractivity contribution in [3.8, 4) is 11.5 Å². The topological polar surface area (TPSA) is 198 Å². The maximum atomic E-state index is 13.2. The number of hydroxylamine groups is 1. The molecule has 2 bridgehead atoms. The Kier molecular flexibility index (Phi) is 5.38. The Morgan fingerprint density at radius 1 is 1.19 bits per heavy atom. The third-order valence-electron chi connectivity index (χ3n) is 8.81. The fraction of sp³-hybridized carbons (Fsp3) is 0.583. The van der Waals surface area contributed by atoms with Gasteiger partial charge >= 0.3 is 11.9 Å². The summed E-state index contributed by atoms with van der Waals surface area (Å²) in [5, 5.41) is 60.3. The minimum absolute atomic E-state index is 0.0212. The molecule has 1 unspecified atom stereocenters. The molecule has 1 spiro atoms. The monoisotopic (exact) mass is 520 g/mol. The number of ether oxygens (including phenoxy) is 3. The summed E-state index contributed by atoms with van der Waals surface area (Å²) in [7, 11) is 2.06. The summed E-state index contributed by atoms with van der Waals surface area (Å²) >= 11 is 0. The van der Waals surface area contributed by atoms with Gasteiger partial charge in [0.2, 0.25) is 0 Å². The van der Waals surface area contributed by atoms with Crippen LogP contribution in [0.3, 0.4) is 0 Å². The summed E-state index contributed by atoms with van der Waals surface area (Å²) in [5.41, 5.74) is -0.331. The Labute approximate surface area is 210 Å². The van der Waals surface area contributed by atoms with E-state index in [0.29, 0.717) is 12.2 Å². The molecule has 0 amide bonds. The number of nitrogens with one attached hydrogen (secondary N) is 1. The van der Waals surface area contributed by atoms with Crippen LogP contribution in [0.2, 0.25) is 0 Å². The lowest BCUT2D eigenvalue weighted by atomic mass is 9.53. The lowest BCUT2D eigenvalue weighted by Crippen LogP contribution is -2.74. The van der Waals surface area contributed by atoms with E-state index in [1.807, 2.05) is 12.1 Å². The van der Waals surface area contributed by atoms with Crippen molar-refractivity contribution < 1.29 is 54.5 Å². The number of carboxylic acid groups (broad SMARTS) is 1. The van der Waals surface area contributed by atoms with Crippen LogP contribution in [0, 0.1) is 5.92 Å². The number of piperidine rings is 1. The number of hydrogen-bond acceptors (Lipinski definition) is 12. The number of phenolic OH excluding ortho intramolecular Hbond substituents is 1. The van der Waals surface area contributed by atoms with Crippen molar-refractivity contribution in [1.29, 1.82) is 0 Å². The molecule has 13 nitrogen and oxygen atoms in total. The quantitative estimate of drug-likeness (QED) is 0.131. The number of carbonyl (C=O) groups excluding carboxylic acids is 1. The van der Waals surface area contributed by atoms with E-state index in [9.17, 15) is 40.3 Å². The van der Waals surface area contributed by atoms with Gasteiger partial charge in [-0.15, -0.1) is 0 Å². The first-order valence-electron chi connectivity index (χ1n) is 12.0. The first-order chi connectivity index (χ1) is 17.6. The number of aliphatic hydroxyl groups is 3. The van der Waals surface area contributed by atoms with Crippen molar-refractivity contribution in [3.05, 3.63) is 35.4 Å². The van der Waals surface area contributed by atoms with E-state index in [4.69, 9.17) is 14.2 Å². The Hall–Kier alpha value is -2.78. The lowest BCUT2D eigenvalue weighted by Gasteiger charge is -2.56. The number of hydrogen-bond donors (Lipinski definition) is 7. The number of aromatic hydroxyl groups is 1. The van der Waals surface area contributed by atoms with E-state index >= 15 is 0 Å². The molecular formula is C24H28N2O11. The molecule has 1 aromatic rings. The molecule has 0 radical (unpaired) electrons. The number of esters is 1. The van der Waals surface area contributed by atoms with Crippen LogP contribution in [0.4, 0.5) is 0 Å². The number of likely N-dealkylation sites (tertiary alicyclic amines) is 1. The standard InChI is InChI=1S/C24H28N2O11/c1-26-7-6-23-10-3-5-13(20(23)36-17-12(27)4-2-9(14(17)23)8-11(10)26)35-21(31)18-15(28)16(29)19(30)24(25-34,37-18)22(32)33/h2-5,10-11,13,15-16,18-20,25,27-30,34H,6-8H2,1H3,(H,32,33)/t10-,11+,13-,15-,16-,18-,19+,20-,23-,24?/m0/s1. The summed E-state index contributed by atoms with van der Waals surface area (Å²) in [4.78, 5) is 27.2. The van der Waals surface area contributed by atoms with Crippen molar-refractivity contribution in [3.63, 3.8) is 0 Å². The summed E-state index contributed by atoms with van der Waals surface area (Å²) in [6, 6.07) is 3.64. The number of carbonyl (C=O) groups is 2. The third kappa shape index (κ3) is 3.04. The summed E-state index contributed by atoms with van der Waals surface area (Å²) in [6.07, 6.45) is -5.25. The van der Waals surface area contributed by atoms with E-state index < -0.39 is 59.7 Å². The van der Waals surface area contributed by atoms with Gasteiger partial charge in [0, 0.05) is 22.9 Å². The molecular weight excluding hydrogens is 492 g/mol. The number of rotatable bonds is 4. The van der Waals surface area contributed by atoms with Gasteiger partial charge in [0.05, 0.1) is 0 Å². The second-order valence-corrected chi connectivity index (χ2v) is 10.5. The lowest BCUT2D eigenvalue weighted by molar-refractivity contribution is -0.296. The Balaban J connectivity index is 1.34. The molecule has 2 saturated heterocycles. The normalized spacial score (nSPS) is 43.6. The van der Waals surface area contributed by atoms with Gasteiger partial charge in [0.15, 0.2) is 23.7 Å². The number of carboxylic acids is 1. The molecule has 10 atom stereocenters. The highest BCUT2D eigenvalue weighted by Gasteiger charge is 2.66. The highest BCUT2D eigenvalue weighted by molar-refractivity contribution is 5.81. The Morgan fingerprint density at radius 3 is 2.65 bits per heavy atom. The minimum atomic E-state index is -2.99. The Bertz CT molecular complexity index is 1190. The van der Waals surface area contributed by atoms with Crippen molar-refractivity contribution in [2.45, 2.75) is 66.6 Å². The van der Waals surface area contributed by atoms with Gasteiger partial charge in [-0.25, -0.2) is 9.59 Å². The van der Waals surface area contributed by atoms with Gasteiger partial charge < -0.3 is 49.9 Å². The van der Waals surface area contributed by atoms with Crippen LogP contribution in [0.5, 0.6) is 11.5 Å². The molecule has 7 N–H and O–H groups in total. The zero-order valence-corrected chi connectivity index (χ0v) is 19.7. The number of phenols is 1. The van der Waals surface area contributed by atoms with E-state index in [2.05, 4.69) is 11.9 Å². The average molecular weight is 520 g/mol. The molecule has 13 heteroatoms. The van der Waals surface area contributed by atoms with Crippen LogP contribution in [-0.4, -0.2) is 110 Å². The molecule has 5 aliphatic rings. The number of aliphatic carboxylic acids is 1. The second-order valence-electron chi connectivity index (χ2n) is 10.5. The van der Waals surface area contributed by atoms with Crippen LogP contribution in [0.15, 0.2) is 24.3 Å². The third-order valence-corrected chi connectivity index (χ3v) is 8.81. The second kappa shape index (κ2) is 8.11. The molecule has 6 rings (SSSR count). The summed E-state index contributed by atoms with van der Waals surface area (Å²) < 4.78 is 17.1. The van der Waals surface area contributed by atoms with Crippen LogP contribution in [0.25, 0.3) is 0 Å². The van der Waals surface area contributed by atoms with E-state index in [1.165, 1.54) is 5.48 Å². The van der Waals surface area contributed by atoms with E-state index in [1.54, 1.807) is 12.1 Å². The van der Waals surface area contributed by atoms with Gasteiger partial charge in [-0.2, -0.15) is 5.48 Å². The van der Waals surface area contributed by atoms with Crippen molar-refractivity contribution in [1.82, 2.24) is 10.4 Å². The first-order valence-corrected chi connectivity index (χ1v) is 12.0. The fourth-order valence-electron chi connectivity index (χ4n) is 6.97. The minimum Gasteiger partial charge on any atom is -0.504 e. The number of aliphatic hydroxyl groups excluding tert-OH is 3. The van der Waals surface area contributed by atoms with Gasteiger partial charge in [-0.1, -0.05) is 12.1 Å². The van der Waals surface area contributed by atoms with Crippen molar-refractivity contribution >= 4 is 11.9 Å². The van der Waals surface area contributed by atoms with Gasteiger partial charge in [0.25, 0.3) is 5.72 Å². The molecule has 3 aliphatic heterocycles. The van der Waals surface area contributed by atoms with E-state index in [0.717, 1.165) is 24.1 Å². The number of nitrogens with zero attached hydrogens (tertiary/aromatic N) is 1. The summed E-state index contributed by atoms with van der Waals surface area (Å²) in [5.74, 6) is -2.81. The maximum Gasteiger partial charge on any atom is 0.356 e. The average Bonchev–Trinajstić information content (AvgIpc) is 3.23. The molecule has 2 fully saturated rings. The zero-order valence-electron chi connectivity index (χ0n) is 19.7. The zero-order chi connectivity index (χ0) is 26.4. The predicted octanol–water partition coefficient (Wildman–Crippen LogP) is -2.01. The van der Waals surface area contributed by atoms with Crippen molar-refractivity contribution in [2.75, 3.05) is 13.6 Å². The number of likely N-dealkylation sites (N-methyl/N-ethyl adjacent to an activating group) is 1. The highest BCUT2D eigenvalue weighted by Crippen LogP contribution is 2.62. The van der Waals surface area contributed by atoms with Crippen LogP contribution >= 0.6 is 0 Å². The molecule has 2 aliphatic carbocycles. The summed E-state index contributed by atoms with van der Waals surface area (Å²) in [6.45, 7) is 0.752. The van der Waals surface area contributed by atoms with E-state index in [-0.39, 0.29) is 17.7 Å². The molecule has 0 aromatic heterocycles. The first kappa shape index (κ1) is 24.6. The number of benzene rings is 1. The van der Waals surface area contributed by atoms with Gasteiger partial charge in [-0.05, 0) is 44.1 Å². The van der Waals surface area contributed by atoms with Gasteiger partial charge in [0.1, 0.15) is 24.4 Å². The van der Waals surface area contributed by atoms with Gasteiger partial charge in [-0.3, -0.25) is 0 Å². The molecule has 3 heterocycles. The predicted molar refractivity (Wildman–Crippen MR) is 120 cm³/mol. The molecule has 0 saturated carbocycles.